The zero-order chi connectivity index (χ0) is 10.5. The number of rotatable bonds is 6. The molecular formula is C13H26N2. The van der Waals surface area contributed by atoms with E-state index >= 15 is 0 Å². The van der Waals surface area contributed by atoms with Crippen molar-refractivity contribution in [1.82, 2.24) is 10.2 Å². The first-order chi connectivity index (χ1) is 7.40. The minimum atomic E-state index is 0.831. The van der Waals surface area contributed by atoms with Gasteiger partial charge in [-0.2, -0.15) is 0 Å². The highest BCUT2D eigenvalue weighted by atomic mass is 15.2. The fourth-order valence-electron chi connectivity index (χ4n) is 2.66. The van der Waals surface area contributed by atoms with Crippen LogP contribution in [-0.2, 0) is 0 Å². The van der Waals surface area contributed by atoms with E-state index in [0.717, 1.165) is 12.0 Å². The average molecular weight is 210 g/mol. The third-order valence-corrected chi connectivity index (χ3v) is 3.82. The molecule has 2 nitrogen and oxygen atoms in total. The van der Waals surface area contributed by atoms with Gasteiger partial charge in [0.1, 0.15) is 0 Å². The van der Waals surface area contributed by atoms with Crippen molar-refractivity contribution in [3.05, 3.63) is 0 Å². The zero-order valence-electron chi connectivity index (χ0n) is 10.2. The summed E-state index contributed by atoms with van der Waals surface area (Å²) >= 11 is 0. The van der Waals surface area contributed by atoms with Gasteiger partial charge in [0.15, 0.2) is 0 Å². The van der Waals surface area contributed by atoms with Crippen LogP contribution in [0.5, 0.6) is 0 Å². The molecule has 1 unspecified atom stereocenters. The smallest absolute Gasteiger partial charge is 0.0221 e. The van der Waals surface area contributed by atoms with Gasteiger partial charge < -0.3 is 5.32 Å². The van der Waals surface area contributed by atoms with Gasteiger partial charge in [-0.1, -0.05) is 19.8 Å². The Morgan fingerprint density at radius 1 is 1.20 bits per heavy atom. The highest BCUT2D eigenvalue weighted by Crippen LogP contribution is 2.32. The topological polar surface area (TPSA) is 15.3 Å². The fraction of sp³-hybridized carbons (Fsp3) is 1.00. The van der Waals surface area contributed by atoms with Crippen LogP contribution in [0.3, 0.4) is 0 Å². The summed E-state index contributed by atoms with van der Waals surface area (Å²) < 4.78 is 0. The molecule has 0 aromatic rings. The van der Waals surface area contributed by atoms with Crippen molar-refractivity contribution in [3.63, 3.8) is 0 Å². The average Bonchev–Trinajstić information content (AvgIpc) is 3.09. The van der Waals surface area contributed by atoms with E-state index in [9.17, 15) is 0 Å². The molecule has 1 atom stereocenters. The maximum Gasteiger partial charge on any atom is 0.0221 e. The zero-order valence-corrected chi connectivity index (χ0v) is 10.2. The Morgan fingerprint density at radius 2 is 2.07 bits per heavy atom. The van der Waals surface area contributed by atoms with Gasteiger partial charge in [0.05, 0.1) is 0 Å². The molecular weight excluding hydrogens is 184 g/mol. The van der Waals surface area contributed by atoms with Gasteiger partial charge in [-0.25, -0.2) is 0 Å². The highest BCUT2D eigenvalue weighted by Gasteiger charge is 2.25. The predicted octanol–water partition coefficient (Wildman–Crippen LogP) is 2.25. The molecule has 2 aliphatic rings. The van der Waals surface area contributed by atoms with E-state index in [1.807, 2.05) is 0 Å². The van der Waals surface area contributed by atoms with Gasteiger partial charge >= 0.3 is 0 Å². The van der Waals surface area contributed by atoms with E-state index in [1.54, 1.807) is 0 Å². The number of piperidine rings is 1. The number of hydrogen-bond donors (Lipinski definition) is 1. The Morgan fingerprint density at radius 3 is 2.67 bits per heavy atom. The largest absolute Gasteiger partial charge is 0.315 e. The molecule has 1 aliphatic carbocycles. The lowest BCUT2D eigenvalue weighted by Crippen LogP contribution is -2.46. The monoisotopic (exact) mass is 210 g/mol. The minimum absolute atomic E-state index is 0.831. The Hall–Kier alpha value is -0.0800. The van der Waals surface area contributed by atoms with E-state index < -0.39 is 0 Å². The quantitative estimate of drug-likeness (QED) is 0.723. The van der Waals surface area contributed by atoms with Gasteiger partial charge in [-0.15, -0.1) is 0 Å². The molecule has 15 heavy (non-hydrogen) atoms. The molecule has 0 radical (unpaired) electrons. The Kier molecular flexibility index (Phi) is 4.45. The maximum atomic E-state index is 3.54. The van der Waals surface area contributed by atoms with Gasteiger partial charge in [0, 0.05) is 12.6 Å². The molecule has 2 rings (SSSR count). The van der Waals surface area contributed by atoms with Crippen LogP contribution >= 0.6 is 0 Å². The molecule has 2 heteroatoms. The predicted molar refractivity (Wildman–Crippen MR) is 65.1 cm³/mol. The molecule has 88 valence electrons. The lowest BCUT2D eigenvalue weighted by Gasteiger charge is -2.34. The molecule has 0 bridgehead atoms. The van der Waals surface area contributed by atoms with Crippen LogP contribution in [-0.4, -0.2) is 37.1 Å². The van der Waals surface area contributed by atoms with Crippen molar-refractivity contribution in [3.8, 4) is 0 Å². The Bertz CT molecular complexity index is 171. The molecule has 1 heterocycles. The summed E-state index contributed by atoms with van der Waals surface area (Å²) in [5, 5.41) is 3.54. The molecule has 1 aliphatic heterocycles. The lowest BCUT2D eigenvalue weighted by atomic mass is 10.0. The third kappa shape index (κ3) is 3.76. The van der Waals surface area contributed by atoms with Crippen LogP contribution in [0.15, 0.2) is 0 Å². The van der Waals surface area contributed by atoms with E-state index in [4.69, 9.17) is 0 Å². The molecule has 0 amide bonds. The minimum Gasteiger partial charge on any atom is -0.315 e. The first kappa shape index (κ1) is 11.4. The van der Waals surface area contributed by atoms with Crippen LogP contribution in [0.25, 0.3) is 0 Å². The van der Waals surface area contributed by atoms with Crippen LogP contribution in [0, 0.1) is 5.92 Å². The fourth-order valence-corrected chi connectivity index (χ4v) is 2.66. The van der Waals surface area contributed by atoms with E-state index in [2.05, 4.69) is 17.1 Å². The summed E-state index contributed by atoms with van der Waals surface area (Å²) in [7, 11) is 0. The molecule has 1 saturated carbocycles. The molecule has 0 spiro atoms. The Labute approximate surface area is 94.4 Å². The number of nitrogens with one attached hydrogen (secondary N) is 1. The van der Waals surface area contributed by atoms with E-state index in [0.29, 0.717) is 0 Å². The molecule has 1 saturated heterocycles. The Balaban J connectivity index is 1.74. The van der Waals surface area contributed by atoms with Crippen molar-refractivity contribution < 1.29 is 0 Å². The number of hydrogen-bond acceptors (Lipinski definition) is 2. The van der Waals surface area contributed by atoms with Crippen molar-refractivity contribution in [2.75, 3.05) is 26.2 Å². The third-order valence-electron chi connectivity index (χ3n) is 3.82. The van der Waals surface area contributed by atoms with Crippen LogP contribution in [0.1, 0.15) is 45.4 Å². The molecule has 0 aromatic carbocycles. The van der Waals surface area contributed by atoms with Crippen molar-refractivity contribution in [1.29, 1.82) is 0 Å². The molecule has 2 fully saturated rings. The molecule has 1 N–H and O–H groups in total. The summed E-state index contributed by atoms with van der Waals surface area (Å²) in [4.78, 5) is 2.74. The maximum absolute atomic E-state index is 3.54. The first-order valence-corrected chi connectivity index (χ1v) is 6.85. The first-order valence-electron chi connectivity index (χ1n) is 6.85. The van der Waals surface area contributed by atoms with Gasteiger partial charge in [-0.3, -0.25) is 4.90 Å². The second-order valence-corrected chi connectivity index (χ2v) is 5.27. The van der Waals surface area contributed by atoms with Crippen molar-refractivity contribution in [2.45, 2.75) is 51.5 Å². The second kappa shape index (κ2) is 5.86. The summed E-state index contributed by atoms with van der Waals surface area (Å²) in [6.07, 6.45) is 8.55. The van der Waals surface area contributed by atoms with Gasteiger partial charge in [-0.05, 0) is 51.2 Å². The second-order valence-electron chi connectivity index (χ2n) is 5.27. The van der Waals surface area contributed by atoms with Crippen LogP contribution in [0.2, 0.25) is 0 Å². The summed E-state index contributed by atoms with van der Waals surface area (Å²) in [6.45, 7) is 7.42. The van der Waals surface area contributed by atoms with Gasteiger partial charge in [0.2, 0.25) is 0 Å². The summed E-state index contributed by atoms with van der Waals surface area (Å²) in [6, 6.07) is 0.831. The number of nitrogens with zero attached hydrogens (tertiary/aromatic N) is 1. The standard InChI is InChI=1S/C13H26N2/c1-2-9-15(10-7-12-5-6-12)13-4-3-8-14-11-13/h12-14H,2-11H2,1H3. The SMILES string of the molecule is CCCN(CCC1CC1)C1CCCNC1. The summed E-state index contributed by atoms with van der Waals surface area (Å²) in [5.41, 5.74) is 0. The lowest BCUT2D eigenvalue weighted by molar-refractivity contribution is 0.161. The van der Waals surface area contributed by atoms with E-state index in [-0.39, 0.29) is 0 Å². The van der Waals surface area contributed by atoms with Crippen molar-refractivity contribution >= 4 is 0 Å². The van der Waals surface area contributed by atoms with Gasteiger partial charge in [0.25, 0.3) is 0 Å². The summed E-state index contributed by atoms with van der Waals surface area (Å²) in [5.74, 6) is 1.08. The molecule has 0 aromatic heterocycles. The highest BCUT2D eigenvalue weighted by molar-refractivity contribution is 4.81. The normalized spacial score (nSPS) is 27.2. The van der Waals surface area contributed by atoms with Crippen LogP contribution in [0.4, 0.5) is 0 Å². The van der Waals surface area contributed by atoms with E-state index in [1.165, 1.54) is 64.7 Å². The van der Waals surface area contributed by atoms with Crippen molar-refractivity contribution in [2.24, 2.45) is 5.92 Å². The van der Waals surface area contributed by atoms with Crippen LogP contribution < -0.4 is 5.32 Å².